The first-order chi connectivity index (χ1) is 20.6. The third kappa shape index (κ3) is 9.41. The van der Waals surface area contributed by atoms with E-state index in [0.29, 0.717) is 43.8 Å². The fourth-order valence-electron chi connectivity index (χ4n) is 5.01. The molecule has 1 saturated heterocycles. The molecule has 3 aromatic carbocycles. The monoisotopic (exact) mass is 657 g/mol. The molecule has 0 aliphatic carbocycles. The highest BCUT2D eigenvalue weighted by Crippen LogP contribution is 2.23. The van der Waals surface area contributed by atoms with Crippen LogP contribution in [0.4, 0.5) is 0 Å². The maximum atomic E-state index is 13.8. The lowest BCUT2D eigenvalue weighted by molar-refractivity contribution is 0.238. The van der Waals surface area contributed by atoms with Gasteiger partial charge in [0.05, 0.1) is 9.79 Å². The molecule has 11 heteroatoms. The van der Waals surface area contributed by atoms with Gasteiger partial charge in [-0.3, -0.25) is 4.90 Å². The molecule has 236 valence electrons. The highest BCUT2D eigenvalue weighted by Gasteiger charge is 2.29. The van der Waals surface area contributed by atoms with Crippen LogP contribution in [0.5, 0.6) is 5.75 Å². The van der Waals surface area contributed by atoms with E-state index in [1.807, 2.05) is 25.1 Å². The minimum Gasteiger partial charge on any atom is -0.481 e. The fourth-order valence-corrected chi connectivity index (χ4v) is 8.01. The number of hydrogen-bond donors (Lipinski definition) is 0. The van der Waals surface area contributed by atoms with Crippen molar-refractivity contribution in [3.8, 4) is 18.1 Å². The van der Waals surface area contributed by atoms with Gasteiger partial charge in [0.15, 0.2) is 0 Å². The minimum atomic E-state index is -3.92. The standard InChI is InChI=1S/C33H39N3O5S2.ClH/c1-4-24-41-31-14-18-33(19-15-31)43(39,40)36-23-9-21-34(27-30-10-6-5-7-11-30)20-8-22-35(25-29(3)26-36)42(37,38)32-16-12-28(2)13-17-32;/h1,5-7,10-19H,3,8-9,20-27H2,2H3;1H. The Kier molecular flexibility index (Phi) is 13.0. The molecule has 1 fully saturated rings. The predicted molar refractivity (Wildman–Crippen MR) is 177 cm³/mol. The lowest BCUT2D eigenvalue weighted by atomic mass is 10.2. The quantitative estimate of drug-likeness (QED) is 0.251. The van der Waals surface area contributed by atoms with Gasteiger partial charge in [-0.1, -0.05) is 60.5 Å². The Balaban J connectivity index is 0.00000529. The number of halogens is 1. The van der Waals surface area contributed by atoms with Gasteiger partial charge in [-0.15, -0.1) is 18.8 Å². The summed E-state index contributed by atoms with van der Waals surface area (Å²) in [7, 11) is -7.75. The summed E-state index contributed by atoms with van der Waals surface area (Å²) >= 11 is 0. The Morgan fingerprint density at radius 3 is 1.77 bits per heavy atom. The van der Waals surface area contributed by atoms with Crippen molar-refractivity contribution in [3.63, 3.8) is 0 Å². The van der Waals surface area contributed by atoms with E-state index in [1.165, 1.54) is 20.7 Å². The van der Waals surface area contributed by atoms with Gasteiger partial charge in [0.2, 0.25) is 20.0 Å². The third-order valence-corrected chi connectivity index (χ3v) is 11.0. The second kappa shape index (κ2) is 16.2. The van der Waals surface area contributed by atoms with Crippen molar-refractivity contribution in [1.29, 1.82) is 0 Å². The van der Waals surface area contributed by atoms with Crippen LogP contribution >= 0.6 is 12.4 Å². The number of aryl methyl sites for hydroxylation is 1. The molecule has 3 aromatic rings. The van der Waals surface area contributed by atoms with E-state index in [0.717, 1.165) is 11.1 Å². The Morgan fingerprint density at radius 2 is 1.27 bits per heavy atom. The van der Waals surface area contributed by atoms with Crippen LogP contribution in [-0.4, -0.2) is 76.2 Å². The molecule has 0 saturated carbocycles. The Bertz CT molecular complexity index is 1620. The zero-order valence-electron chi connectivity index (χ0n) is 25.0. The molecular formula is C33H40ClN3O5S2. The molecule has 1 aliphatic rings. The molecule has 44 heavy (non-hydrogen) atoms. The largest absolute Gasteiger partial charge is 0.481 e. The van der Waals surface area contributed by atoms with Crippen molar-refractivity contribution in [3.05, 3.63) is 102 Å². The highest BCUT2D eigenvalue weighted by atomic mass is 35.5. The molecule has 0 unspecified atom stereocenters. The van der Waals surface area contributed by atoms with Gasteiger partial charge in [-0.05, 0) is 80.4 Å². The summed E-state index contributed by atoms with van der Waals surface area (Å²) in [6.45, 7) is 8.66. The Hall–Kier alpha value is -3.17. The zero-order valence-corrected chi connectivity index (χ0v) is 27.4. The summed E-state index contributed by atoms with van der Waals surface area (Å²) in [5.41, 5.74) is 2.60. The van der Waals surface area contributed by atoms with Crippen molar-refractivity contribution < 1.29 is 21.6 Å². The van der Waals surface area contributed by atoms with Crippen molar-refractivity contribution in [2.45, 2.75) is 36.1 Å². The molecule has 0 amide bonds. The summed E-state index contributed by atoms with van der Waals surface area (Å²) in [5.74, 6) is 2.86. The first kappa shape index (κ1) is 35.3. The van der Waals surface area contributed by atoms with E-state index in [4.69, 9.17) is 11.2 Å². The number of terminal acetylenes is 1. The first-order valence-corrected chi connectivity index (χ1v) is 17.1. The summed E-state index contributed by atoms with van der Waals surface area (Å²) in [5, 5.41) is 0. The van der Waals surface area contributed by atoms with Crippen molar-refractivity contribution in [1.82, 2.24) is 13.5 Å². The summed E-state index contributed by atoms with van der Waals surface area (Å²) in [6.07, 6.45) is 6.49. The van der Waals surface area contributed by atoms with E-state index >= 15 is 0 Å². The molecule has 0 bridgehead atoms. The van der Waals surface area contributed by atoms with Crippen LogP contribution in [0.2, 0.25) is 0 Å². The minimum absolute atomic E-state index is 0. The number of ether oxygens (including phenoxy) is 1. The van der Waals surface area contributed by atoms with Gasteiger partial charge < -0.3 is 4.74 Å². The summed E-state index contributed by atoms with van der Waals surface area (Å²) < 4.78 is 63.4. The van der Waals surface area contributed by atoms with Crippen molar-refractivity contribution in [2.24, 2.45) is 0 Å². The van der Waals surface area contributed by atoms with Crippen molar-refractivity contribution in [2.75, 3.05) is 45.9 Å². The molecule has 0 spiro atoms. The number of sulfonamides is 2. The SMILES string of the molecule is C#CCOc1ccc(S(=O)(=O)N2CCCN(Cc3ccccc3)CCCN(S(=O)(=O)c3ccc(C)cc3)CC(=C)C2)cc1.Cl. The van der Waals surface area contributed by atoms with Gasteiger partial charge in [0.25, 0.3) is 0 Å². The molecule has 1 heterocycles. The molecule has 0 aromatic heterocycles. The van der Waals surface area contributed by atoms with E-state index in [9.17, 15) is 16.8 Å². The molecule has 4 rings (SSSR count). The van der Waals surface area contributed by atoms with Gasteiger partial charge in [-0.25, -0.2) is 16.8 Å². The summed E-state index contributed by atoms with van der Waals surface area (Å²) in [4.78, 5) is 2.58. The zero-order chi connectivity index (χ0) is 30.9. The third-order valence-electron chi connectivity index (χ3n) is 7.26. The average Bonchev–Trinajstić information content (AvgIpc) is 2.99. The van der Waals surface area contributed by atoms with Gasteiger partial charge in [-0.2, -0.15) is 8.61 Å². The topological polar surface area (TPSA) is 87.2 Å². The average molecular weight is 658 g/mol. The fraction of sp³-hybridized carbons (Fsp3) is 0.333. The first-order valence-electron chi connectivity index (χ1n) is 14.3. The number of hydrogen-bond acceptors (Lipinski definition) is 6. The predicted octanol–water partition coefficient (Wildman–Crippen LogP) is 4.96. The Labute approximate surface area is 268 Å². The number of nitrogens with zero attached hydrogens (tertiary/aromatic N) is 3. The molecule has 8 nitrogen and oxygen atoms in total. The maximum Gasteiger partial charge on any atom is 0.243 e. The van der Waals surface area contributed by atoms with Crippen LogP contribution in [0.25, 0.3) is 0 Å². The van der Waals surface area contributed by atoms with Crippen LogP contribution in [0.15, 0.2) is 101 Å². The second-order valence-electron chi connectivity index (χ2n) is 10.7. The van der Waals surface area contributed by atoms with E-state index in [2.05, 4.69) is 29.5 Å². The molecule has 1 aliphatic heterocycles. The second-order valence-corrected chi connectivity index (χ2v) is 14.5. The number of benzene rings is 3. The van der Waals surface area contributed by atoms with Crippen LogP contribution in [-0.2, 0) is 26.6 Å². The molecule has 0 atom stereocenters. The molecule has 0 N–H and O–H groups in total. The highest BCUT2D eigenvalue weighted by molar-refractivity contribution is 7.89. The normalized spacial score (nSPS) is 16.6. The maximum absolute atomic E-state index is 13.8. The van der Waals surface area contributed by atoms with Crippen LogP contribution in [0.3, 0.4) is 0 Å². The molecular weight excluding hydrogens is 618 g/mol. The smallest absolute Gasteiger partial charge is 0.243 e. The summed E-state index contributed by atoms with van der Waals surface area (Å²) in [6, 6.07) is 23.0. The van der Waals surface area contributed by atoms with Crippen molar-refractivity contribution >= 4 is 32.5 Å². The van der Waals surface area contributed by atoms with Gasteiger partial charge in [0.1, 0.15) is 12.4 Å². The lowest BCUT2D eigenvalue weighted by Crippen LogP contribution is -2.41. The van der Waals surface area contributed by atoms with E-state index < -0.39 is 20.0 Å². The van der Waals surface area contributed by atoms with E-state index in [1.54, 1.807) is 36.4 Å². The van der Waals surface area contributed by atoms with Crippen LogP contribution < -0.4 is 4.74 Å². The Morgan fingerprint density at radius 1 is 0.773 bits per heavy atom. The lowest BCUT2D eigenvalue weighted by Gasteiger charge is -2.30. The van der Waals surface area contributed by atoms with E-state index in [-0.39, 0.29) is 55.0 Å². The van der Waals surface area contributed by atoms with Crippen LogP contribution in [0, 0.1) is 19.3 Å². The number of rotatable bonds is 8. The molecule has 0 radical (unpaired) electrons. The van der Waals surface area contributed by atoms with Gasteiger partial charge in [0, 0.05) is 32.7 Å². The van der Waals surface area contributed by atoms with Crippen LogP contribution in [0.1, 0.15) is 24.0 Å². The van der Waals surface area contributed by atoms with Gasteiger partial charge >= 0.3 is 0 Å².